The SMILES string of the molecule is CC.CC1(C)c2ccccc2-c2ccc(N(c3ccc(-c4ccccc4)cc3)c3ccc(-c4ccc5c(sc6ccccc65)c4-c4ccc5ccccc5c4)cc3)cc21. The van der Waals surface area contributed by atoms with Gasteiger partial charge in [-0.1, -0.05) is 179 Å². The maximum absolute atomic E-state index is 2.42. The van der Waals surface area contributed by atoms with Gasteiger partial charge in [-0.05, 0) is 109 Å². The summed E-state index contributed by atoms with van der Waals surface area (Å²) in [6.07, 6.45) is 0. The van der Waals surface area contributed by atoms with E-state index in [0.717, 1.165) is 17.1 Å². The molecule has 2 heteroatoms. The van der Waals surface area contributed by atoms with Gasteiger partial charge in [-0.15, -0.1) is 11.3 Å². The van der Waals surface area contributed by atoms with E-state index in [1.807, 2.05) is 25.2 Å². The molecule has 1 nitrogen and oxygen atoms in total. The van der Waals surface area contributed by atoms with Crippen LogP contribution < -0.4 is 4.90 Å². The Morgan fingerprint density at radius 3 is 1.75 bits per heavy atom. The first-order chi connectivity index (χ1) is 29.0. The molecule has 9 aromatic carbocycles. The van der Waals surface area contributed by atoms with Gasteiger partial charge in [0.1, 0.15) is 0 Å². The van der Waals surface area contributed by atoms with Gasteiger partial charge >= 0.3 is 0 Å². The maximum atomic E-state index is 2.42. The number of benzene rings is 9. The lowest BCUT2D eigenvalue weighted by Gasteiger charge is -2.28. The molecular formula is C57H45NS. The summed E-state index contributed by atoms with van der Waals surface area (Å²) in [6.45, 7) is 8.71. The normalized spacial score (nSPS) is 12.5. The van der Waals surface area contributed by atoms with Gasteiger partial charge in [0.2, 0.25) is 0 Å². The third-order valence-corrected chi connectivity index (χ3v) is 13.3. The van der Waals surface area contributed by atoms with Crippen LogP contribution in [0.4, 0.5) is 17.1 Å². The van der Waals surface area contributed by atoms with Gasteiger partial charge in [0, 0.05) is 48.2 Å². The minimum Gasteiger partial charge on any atom is -0.310 e. The van der Waals surface area contributed by atoms with Crippen molar-refractivity contribution in [2.24, 2.45) is 0 Å². The van der Waals surface area contributed by atoms with Crippen molar-refractivity contribution in [1.82, 2.24) is 0 Å². The van der Waals surface area contributed by atoms with Crippen LogP contribution in [0, 0.1) is 0 Å². The molecule has 0 saturated heterocycles. The summed E-state index contributed by atoms with van der Waals surface area (Å²) in [5.41, 5.74) is 16.1. The number of hydrogen-bond donors (Lipinski definition) is 0. The molecule has 0 atom stereocenters. The Morgan fingerprint density at radius 2 is 0.966 bits per heavy atom. The van der Waals surface area contributed by atoms with Crippen molar-refractivity contribution in [3.8, 4) is 44.5 Å². The quantitative estimate of drug-likeness (QED) is 0.163. The van der Waals surface area contributed by atoms with E-state index in [9.17, 15) is 0 Å². The molecule has 59 heavy (non-hydrogen) atoms. The molecule has 1 aliphatic carbocycles. The van der Waals surface area contributed by atoms with E-state index < -0.39 is 0 Å². The summed E-state index contributed by atoms with van der Waals surface area (Å²) >= 11 is 1.90. The fourth-order valence-electron chi connectivity index (χ4n) is 9.16. The molecule has 0 unspecified atom stereocenters. The van der Waals surface area contributed by atoms with Crippen LogP contribution in [-0.2, 0) is 5.41 Å². The minimum absolute atomic E-state index is 0.0982. The molecule has 0 fully saturated rings. The molecule has 0 saturated carbocycles. The summed E-state index contributed by atoms with van der Waals surface area (Å²) in [4.78, 5) is 2.41. The molecule has 0 radical (unpaired) electrons. The summed E-state index contributed by atoms with van der Waals surface area (Å²) in [7, 11) is 0. The first-order valence-electron chi connectivity index (χ1n) is 20.8. The molecule has 10 aromatic rings. The van der Waals surface area contributed by atoms with Gasteiger partial charge < -0.3 is 4.90 Å². The first kappa shape index (κ1) is 36.6. The Kier molecular flexibility index (Phi) is 9.23. The molecule has 0 aliphatic heterocycles. The first-order valence-corrected chi connectivity index (χ1v) is 21.6. The third kappa shape index (κ3) is 6.23. The molecule has 0 N–H and O–H groups in total. The highest BCUT2D eigenvalue weighted by atomic mass is 32.1. The third-order valence-electron chi connectivity index (χ3n) is 12.1. The van der Waals surface area contributed by atoms with Gasteiger partial charge in [0.25, 0.3) is 0 Å². The number of rotatable bonds is 6. The second-order valence-corrected chi connectivity index (χ2v) is 16.8. The van der Waals surface area contributed by atoms with E-state index in [4.69, 9.17) is 0 Å². The molecule has 11 rings (SSSR count). The van der Waals surface area contributed by atoms with Crippen molar-refractivity contribution in [3.63, 3.8) is 0 Å². The highest BCUT2D eigenvalue weighted by Crippen LogP contribution is 2.51. The summed E-state index contributed by atoms with van der Waals surface area (Å²) < 4.78 is 2.64. The number of nitrogens with zero attached hydrogens (tertiary/aromatic N) is 1. The number of fused-ring (bicyclic) bond motifs is 7. The topological polar surface area (TPSA) is 3.24 Å². The second-order valence-electron chi connectivity index (χ2n) is 15.7. The Hall–Kier alpha value is -6.74. The van der Waals surface area contributed by atoms with E-state index >= 15 is 0 Å². The van der Waals surface area contributed by atoms with Crippen molar-refractivity contribution in [3.05, 3.63) is 211 Å². The average Bonchev–Trinajstić information content (AvgIpc) is 3.79. The molecule has 0 bridgehead atoms. The van der Waals surface area contributed by atoms with Crippen LogP contribution in [0.25, 0.3) is 75.5 Å². The van der Waals surface area contributed by atoms with E-state index in [1.165, 1.54) is 86.6 Å². The Labute approximate surface area is 351 Å². The molecule has 1 heterocycles. The van der Waals surface area contributed by atoms with Gasteiger partial charge in [-0.25, -0.2) is 0 Å². The molecule has 1 aromatic heterocycles. The van der Waals surface area contributed by atoms with Crippen molar-refractivity contribution in [2.75, 3.05) is 4.90 Å². The van der Waals surface area contributed by atoms with Crippen molar-refractivity contribution < 1.29 is 0 Å². The van der Waals surface area contributed by atoms with Crippen LogP contribution in [0.1, 0.15) is 38.8 Å². The molecule has 0 amide bonds. The van der Waals surface area contributed by atoms with Gasteiger partial charge in [0.15, 0.2) is 0 Å². The summed E-state index contributed by atoms with van der Waals surface area (Å²) in [5, 5.41) is 5.14. The molecular weight excluding hydrogens is 731 g/mol. The monoisotopic (exact) mass is 775 g/mol. The van der Waals surface area contributed by atoms with Crippen LogP contribution in [0.3, 0.4) is 0 Å². The average molecular weight is 776 g/mol. The number of hydrogen-bond acceptors (Lipinski definition) is 2. The number of anilines is 3. The smallest absolute Gasteiger partial charge is 0.0465 e. The van der Waals surface area contributed by atoms with Crippen molar-refractivity contribution in [2.45, 2.75) is 33.1 Å². The van der Waals surface area contributed by atoms with Gasteiger partial charge in [0.05, 0.1) is 0 Å². The van der Waals surface area contributed by atoms with Crippen LogP contribution in [0.15, 0.2) is 200 Å². The highest BCUT2D eigenvalue weighted by molar-refractivity contribution is 7.26. The lowest BCUT2D eigenvalue weighted by Crippen LogP contribution is -2.16. The summed E-state index contributed by atoms with van der Waals surface area (Å²) in [6, 6.07) is 73.8. The molecule has 284 valence electrons. The zero-order valence-electron chi connectivity index (χ0n) is 33.9. The molecule has 0 spiro atoms. The van der Waals surface area contributed by atoms with E-state index in [2.05, 4.69) is 219 Å². The predicted octanol–water partition coefficient (Wildman–Crippen LogP) is 17.0. The van der Waals surface area contributed by atoms with Crippen LogP contribution >= 0.6 is 11.3 Å². The fourth-order valence-corrected chi connectivity index (χ4v) is 10.4. The maximum Gasteiger partial charge on any atom is 0.0465 e. The second kappa shape index (κ2) is 14.9. The standard InChI is InChI=1S/C55H39NS.C2H6/c1-55(2)50-18-10-8-16-46(50)47-31-30-44(35-51(47)55)56(42-26-22-38(23-27-42)36-12-4-3-5-13-36)43-28-24-39(25-29-43)45-32-33-49-48-17-9-11-19-52(48)57-54(49)53(45)41-21-20-37-14-6-7-15-40(37)34-41;1-2/h3-35H,1-2H3;1-2H3. The van der Waals surface area contributed by atoms with Crippen molar-refractivity contribution >= 4 is 59.3 Å². The van der Waals surface area contributed by atoms with Gasteiger partial charge in [-0.2, -0.15) is 0 Å². The zero-order valence-corrected chi connectivity index (χ0v) is 34.7. The highest BCUT2D eigenvalue weighted by Gasteiger charge is 2.35. The minimum atomic E-state index is -0.0982. The predicted molar refractivity (Wildman–Crippen MR) is 257 cm³/mol. The Balaban J connectivity index is 0.00000207. The number of thiophene rings is 1. The van der Waals surface area contributed by atoms with E-state index in [-0.39, 0.29) is 5.41 Å². The van der Waals surface area contributed by atoms with Crippen LogP contribution in [0.2, 0.25) is 0 Å². The Morgan fingerprint density at radius 1 is 0.390 bits per heavy atom. The van der Waals surface area contributed by atoms with E-state index in [0.29, 0.717) is 0 Å². The van der Waals surface area contributed by atoms with Crippen molar-refractivity contribution in [1.29, 1.82) is 0 Å². The lowest BCUT2D eigenvalue weighted by molar-refractivity contribution is 0.660. The lowest BCUT2D eigenvalue weighted by atomic mass is 9.82. The largest absolute Gasteiger partial charge is 0.310 e. The van der Waals surface area contributed by atoms with Crippen LogP contribution in [-0.4, -0.2) is 0 Å². The van der Waals surface area contributed by atoms with Gasteiger partial charge in [-0.3, -0.25) is 0 Å². The summed E-state index contributed by atoms with van der Waals surface area (Å²) in [5.74, 6) is 0. The molecule has 1 aliphatic rings. The zero-order chi connectivity index (χ0) is 40.1. The Bertz CT molecular complexity index is 3130. The fraction of sp³-hybridized carbons (Fsp3) is 0.0877. The van der Waals surface area contributed by atoms with Crippen LogP contribution in [0.5, 0.6) is 0 Å². The van der Waals surface area contributed by atoms with E-state index in [1.54, 1.807) is 0 Å².